The number of halogens is 1. The van der Waals surface area contributed by atoms with Gasteiger partial charge in [-0.25, -0.2) is 9.18 Å². The van der Waals surface area contributed by atoms with Gasteiger partial charge in [0, 0.05) is 31.1 Å². The number of esters is 1. The Kier molecular flexibility index (Phi) is 6.61. The molecule has 3 rings (SSSR count). The van der Waals surface area contributed by atoms with Crippen LogP contribution in [0.1, 0.15) is 28.6 Å². The molecule has 1 heterocycles. The Morgan fingerprint density at radius 3 is 2.66 bits per heavy atom. The molecule has 29 heavy (non-hydrogen) atoms. The first-order chi connectivity index (χ1) is 14.0. The fourth-order valence-corrected chi connectivity index (χ4v) is 3.07. The molecule has 0 bridgehead atoms. The third kappa shape index (κ3) is 4.81. The third-order valence-electron chi connectivity index (χ3n) is 4.50. The molecule has 0 aliphatic carbocycles. The molecular weight excluding hydrogens is 377 g/mol. The first-order valence-corrected chi connectivity index (χ1v) is 9.22. The van der Waals surface area contributed by atoms with Crippen LogP contribution >= 0.6 is 0 Å². The first kappa shape index (κ1) is 20.5. The molecule has 7 heteroatoms. The second kappa shape index (κ2) is 9.34. The smallest absolute Gasteiger partial charge is 0.375 e. The quantitative estimate of drug-likeness (QED) is 0.537. The van der Waals surface area contributed by atoms with Gasteiger partial charge in [0.25, 0.3) is 5.91 Å². The number of carbonyl (C=O) groups excluding carboxylic acids is 2. The highest BCUT2D eigenvalue weighted by atomic mass is 19.1. The number of hydrogen-bond donors (Lipinski definition) is 0. The number of carbonyl (C=O) groups is 2. The van der Waals surface area contributed by atoms with Crippen molar-refractivity contribution in [2.24, 2.45) is 0 Å². The van der Waals surface area contributed by atoms with Crippen LogP contribution < -0.4 is 0 Å². The highest BCUT2D eigenvalue weighted by Crippen LogP contribution is 2.27. The molecule has 0 saturated carbocycles. The lowest BCUT2D eigenvalue weighted by Gasteiger charge is -2.20. The molecule has 6 nitrogen and oxygen atoms in total. The predicted molar refractivity (Wildman–Crippen MR) is 105 cm³/mol. The topological polar surface area (TPSA) is 69.0 Å². The van der Waals surface area contributed by atoms with Crippen LogP contribution in [0.3, 0.4) is 0 Å². The van der Waals surface area contributed by atoms with Crippen LogP contribution in [-0.4, -0.2) is 37.0 Å². The summed E-state index contributed by atoms with van der Waals surface area (Å²) in [7, 11) is 1.52. The van der Waals surface area contributed by atoms with Crippen LogP contribution in [0, 0.1) is 5.82 Å². The zero-order valence-corrected chi connectivity index (χ0v) is 16.3. The van der Waals surface area contributed by atoms with Crippen LogP contribution in [0.25, 0.3) is 11.0 Å². The molecule has 0 aliphatic heterocycles. The SMILES string of the molecule is CCN(Cc1cccc(F)c1)C(=O)COC(=O)c1oc2ccccc2c1COC. The van der Waals surface area contributed by atoms with Gasteiger partial charge in [0.2, 0.25) is 5.76 Å². The standard InChI is InChI=1S/C22H22FNO5/c1-3-24(12-15-7-6-8-16(23)11-15)20(25)14-28-22(26)21-18(13-27-2)17-9-4-5-10-19(17)29-21/h4-11H,3,12-14H2,1-2H3. The van der Waals surface area contributed by atoms with Gasteiger partial charge in [-0.2, -0.15) is 0 Å². The summed E-state index contributed by atoms with van der Waals surface area (Å²) in [6.07, 6.45) is 0. The molecule has 3 aromatic rings. The molecule has 2 aromatic carbocycles. The van der Waals surface area contributed by atoms with Gasteiger partial charge in [-0.3, -0.25) is 4.79 Å². The molecule has 0 saturated heterocycles. The lowest BCUT2D eigenvalue weighted by atomic mass is 10.1. The van der Waals surface area contributed by atoms with Gasteiger partial charge in [0.1, 0.15) is 11.4 Å². The molecule has 0 unspecified atom stereocenters. The van der Waals surface area contributed by atoms with Crippen LogP contribution in [0.5, 0.6) is 0 Å². The van der Waals surface area contributed by atoms with Gasteiger partial charge >= 0.3 is 5.97 Å². The molecule has 152 valence electrons. The Labute approximate surface area is 167 Å². The highest BCUT2D eigenvalue weighted by Gasteiger charge is 2.23. The van der Waals surface area contributed by atoms with Crippen LogP contribution in [0.4, 0.5) is 4.39 Å². The van der Waals surface area contributed by atoms with Crippen molar-refractivity contribution in [3.05, 3.63) is 71.2 Å². The average molecular weight is 399 g/mol. The maximum Gasteiger partial charge on any atom is 0.375 e. The fourth-order valence-electron chi connectivity index (χ4n) is 3.07. The van der Waals surface area contributed by atoms with Crippen LogP contribution in [0.2, 0.25) is 0 Å². The molecule has 1 aromatic heterocycles. The van der Waals surface area contributed by atoms with E-state index in [1.807, 2.05) is 12.1 Å². The Bertz CT molecular complexity index is 1010. The second-order valence-corrected chi connectivity index (χ2v) is 6.45. The number of ether oxygens (including phenoxy) is 2. The molecule has 0 N–H and O–H groups in total. The molecule has 0 aliphatic rings. The molecule has 0 radical (unpaired) electrons. The number of hydrogen-bond acceptors (Lipinski definition) is 5. The predicted octanol–water partition coefficient (Wildman–Crippen LogP) is 3.92. The lowest BCUT2D eigenvalue weighted by molar-refractivity contribution is -0.135. The van der Waals surface area contributed by atoms with Crippen LogP contribution in [0.15, 0.2) is 52.9 Å². The van der Waals surface area contributed by atoms with Gasteiger partial charge in [-0.15, -0.1) is 0 Å². The average Bonchev–Trinajstić information content (AvgIpc) is 3.09. The Hall–Kier alpha value is -3.19. The van der Waals surface area contributed by atoms with E-state index in [1.54, 1.807) is 31.2 Å². The Balaban J connectivity index is 1.68. The van der Waals surface area contributed by atoms with Crippen molar-refractivity contribution in [3.8, 4) is 0 Å². The maximum absolute atomic E-state index is 13.4. The number of methoxy groups -OCH3 is 1. The molecular formula is C22H22FNO5. The van der Waals surface area contributed by atoms with Crippen molar-refractivity contribution < 1.29 is 27.9 Å². The molecule has 0 spiro atoms. The maximum atomic E-state index is 13.4. The Morgan fingerprint density at radius 1 is 1.14 bits per heavy atom. The third-order valence-corrected chi connectivity index (χ3v) is 4.50. The van der Waals surface area contributed by atoms with E-state index in [1.165, 1.54) is 24.1 Å². The minimum atomic E-state index is -0.733. The van der Waals surface area contributed by atoms with Crippen molar-refractivity contribution in [2.45, 2.75) is 20.1 Å². The minimum absolute atomic E-state index is 0.0222. The summed E-state index contributed by atoms with van der Waals surface area (Å²) in [5.74, 6) is -1.46. The highest BCUT2D eigenvalue weighted by molar-refractivity contribution is 5.96. The van der Waals surface area contributed by atoms with E-state index in [0.717, 1.165) is 5.39 Å². The second-order valence-electron chi connectivity index (χ2n) is 6.45. The number of para-hydroxylation sites is 1. The van der Waals surface area contributed by atoms with E-state index in [2.05, 4.69) is 0 Å². The zero-order chi connectivity index (χ0) is 20.8. The van der Waals surface area contributed by atoms with Crippen molar-refractivity contribution in [2.75, 3.05) is 20.3 Å². The number of nitrogens with zero attached hydrogens (tertiary/aromatic N) is 1. The number of amides is 1. The van der Waals surface area contributed by atoms with Crippen molar-refractivity contribution in [3.63, 3.8) is 0 Å². The van der Waals surface area contributed by atoms with Crippen molar-refractivity contribution >= 4 is 22.8 Å². The Morgan fingerprint density at radius 2 is 1.93 bits per heavy atom. The number of furan rings is 1. The van der Waals surface area contributed by atoms with E-state index >= 15 is 0 Å². The van der Waals surface area contributed by atoms with Crippen molar-refractivity contribution in [1.29, 1.82) is 0 Å². The van der Waals surface area contributed by atoms with E-state index in [9.17, 15) is 14.0 Å². The zero-order valence-electron chi connectivity index (χ0n) is 16.3. The van der Waals surface area contributed by atoms with Crippen LogP contribution in [-0.2, 0) is 27.4 Å². The van der Waals surface area contributed by atoms with E-state index in [4.69, 9.17) is 13.9 Å². The summed E-state index contributed by atoms with van der Waals surface area (Å²) in [4.78, 5) is 26.5. The lowest BCUT2D eigenvalue weighted by Crippen LogP contribution is -2.34. The van der Waals surface area contributed by atoms with Gasteiger partial charge in [-0.1, -0.05) is 30.3 Å². The fraction of sp³-hybridized carbons (Fsp3) is 0.273. The molecule has 1 amide bonds. The van der Waals surface area contributed by atoms with Gasteiger partial charge in [0.05, 0.1) is 6.61 Å². The van der Waals surface area contributed by atoms with Gasteiger partial charge in [0.15, 0.2) is 6.61 Å². The summed E-state index contributed by atoms with van der Waals surface area (Å²) >= 11 is 0. The number of fused-ring (bicyclic) bond motifs is 1. The number of rotatable bonds is 8. The van der Waals surface area contributed by atoms with Gasteiger partial charge < -0.3 is 18.8 Å². The first-order valence-electron chi connectivity index (χ1n) is 9.22. The summed E-state index contributed by atoms with van der Waals surface area (Å²) in [6, 6.07) is 13.2. The summed E-state index contributed by atoms with van der Waals surface area (Å²) in [5.41, 5.74) is 1.78. The molecule has 0 atom stereocenters. The summed E-state index contributed by atoms with van der Waals surface area (Å²) < 4.78 is 29.3. The largest absolute Gasteiger partial charge is 0.450 e. The normalized spacial score (nSPS) is 10.9. The molecule has 0 fully saturated rings. The van der Waals surface area contributed by atoms with E-state index in [0.29, 0.717) is 23.3 Å². The van der Waals surface area contributed by atoms with E-state index < -0.39 is 12.6 Å². The van der Waals surface area contributed by atoms with Gasteiger partial charge in [-0.05, 0) is 30.7 Å². The van der Waals surface area contributed by atoms with Crippen molar-refractivity contribution in [1.82, 2.24) is 4.90 Å². The summed E-state index contributed by atoms with van der Waals surface area (Å²) in [5, 5.41) is 0.758. The monoisotopic (exact) mass is 399 g/mol. The number of benzene rings is 2. The van der Waals surface area contributed by atoms with E-state index in [-0.39, 0.29) is 30.6 Å². The number of likely N-dealkylation sites (N-methyl/N-ethyl adjacent to an activating group) is 1. The summed E-state index contributed by atoms with van der Waals surface area (Å²) in [6.45, 7) is 2.16. The minimum Gasteiger partial charge on any atom is -0.450 e.